The first-order valence-corrected chi connectivity index (χ1v) is 11.3. The van der Waals surface area contributed by atoms with E-state index < -0.39 is 0 Å². The van der Waals surface area contributed by atoms with E-state index in [9.17, 15) is 9.59 Å². The lowest BCUT2D eigenvalue weighted by atomic mass is 10.2. The van der Waals surface area contributed by atoms with Crippen molar-refractivity contribution in [2.75, 3.05) is 24.3 Å². The van der Waals surface area contributed by atoms with Crippen molar-refractivity contribution in [3.8, 4) is 11.5 Å². The first-order valence-electron chi connectivity index (χ1n) is 9.29. The maximum atomic E-state index is 12.3. The normalized spacial score (nSPS) is 13.1. The third-order valence-electron chi connectivity index (χ3n) is 4.34. The third kappa shape index (κ3) is 4.56. The number of aromatic amines is 1. The van der Waals surface area contributed by atoms with Gasteiger partial charge in [0.05, 0.1) is 16.9 Å². The van der Waals surface area contributed by atoms with Gasteiger partial charge in [0.1, 0.15) is 23.9 Å². The molecule has 2 aromatic heterocycles. The monoisotopic (exact) mass is 431 g/mol. The maximum Gasteiger partial charge on any atom is 0.259 e. The molecule has 2 N–H and O–H groups in total. The van der Waals surface area contributed by atoms with Gasteiger partial charge in [-0.1, -0.05) is 13.8 Å². The summed E-state index contributed by atoms with van der Waals surface area (Å²) in [6.45, 7) is 5.21. The second-order valence-corrected chi connectivity index (χ2v) is 8.98. The zero-order valence-corrected chi connectivity index (χ0v) is 17.7. The van der Waals surface area contributed by atoms with E-state index in [0.29, 0.717) is 53.3 Å². The molecule has 1 amide bonds. The molecule has 0 unspecified atom stereocenters. The lowest BCUT2D eigenvalue weighted by molar-refractivity contribution is -0.113. The minimum absolute atomic E-state index is 0.130. The molecule has 0 saturated heterocycles. The number of amides is 1. The predicted octanol–water partition coefficient (Wildman–Crippen LogP) is 3.75. The van der Waals surface area contributed by atoms with Crippen molar-refractivity contribution in [2.45, 2.75) is 25.5 Å². The van der Waals surface area contributed by atoms with E-state index in [4.69, 9.17) is 9.47 Å². The molecule has 0 fully saturated rings. The van der Waals surface area contributed by atoms with Gasteiger partial charge in [0.15, 0.2) is 11.5 Å². The number of thioether (sulfide) groups is 1. The van der Waals surface area contributed by atoms with Gasteiger partial charge in [-0.25, -0.2) is 4.98 Å². The number of H-pyrrole nitrogens is 1. The van der Waals surface area contributed by atoms with Crippen molar-refractivity contribution in [1.82, 2.24) is 9.97 Å². The molecule has 1 aliphatic heterocycles. The van der Waals surface area contributed by atoms with Crippen LogP contribution in [0, 0.1) is 0 Å². The Hall–Kier alpha value is -2.52. The third-order valence-corrected chi connectivity index (χ3v) is 6.61. The lowest BCUT2D eigenvalue weighted by Crippen LogP contribution is -2.17. The first-order chi connectivity index (χ1) is 14.0. The van der Waals surface area contributed by atoms with E-state index >= 15 is 0 Å². The SMILES string of the molecule is CC(C)c1cc2c(=O)[nH]c(CSCC(=O)Nc3ccc4c(c3)OCCO4)nc2s1. The molecule has 0 saturated carbocycles. The quantitative estimate of drug-likeness (QED) is 0.617. The van der Waals surface area contributed by atoms with Crippen molar-refractivity contribution >= 4 is 44.9 Å². The highest BCUT2D eigenvalue weighted by Crippen LogP contribution is 2.32. The number of nitrogens with one attached hydrogen (secondary N) is 2. The van der Waals surface area contributed by atoms with Gasteiger partial charge in [-0.3, -0.25) is 9.59 Å². The van der Waals surface area contributed by atoms with Gasteiger partial charge in [-0.15, -0.1) is 23.1 Å². The van der Waals surface area contributed by atoms with Crippen LogP contribution in [-0.2, 0) is 10.5 Å². The highest BCUT2D eigenvalue weighted by atomic mass is 32.2. The molecule has 9 heteroatoms. The Bertz CT molecular complexity index is 1110. The molecule has 0 radical (unpaired) electrons. The zero-order valence-electron chi connectivity index (χ0n) is 16.1. The number of anilines is 1. The number of carbonyl (C=O) groups excluding carboxylic acids is 1. The van der Waals surface area contributed by atoms with Crippen molar-refractivity contribution in [1.29, 1.82) is 0 Å². The van der Waals surface area contributed by atoms with E-state index in [0.717, 1.165) is 9.71 Å². The second-order valence-electron chi connectivity index (χ2n) is 6.93. The van der Waals surface area contributed by atoms with Crippen LogP contribution >= 0.6 is 23.1 Å². The maximum absolute atomic E-state index is 12.3. The molecule has 1 aromatic carbocycles. The van der Waals surface area contributed by atoms with Gasteiger partial charge in [-0.05, 0) is 24.1 Å². The van der Waals surface area contributed by atoms with Crippen molar-refractivity contribution < 1.29 is 14.3 Å². The second kappa shape index (κ2) is 8.46. The van der Waals surface area contributed by atoms with Gasteiger partial charge in [0, 0.05) is 16.6 Å². The topological polar surface area (TPSA) is 93.3 Å². The molecule has 0 aliphatic carbocycles. The molecular formula is C20H21N3O4S2. The molecule has 1 aliphatic rings. The number of carbonyl (C=O) groups is 1. The number of hydrogen-bond acceptors (Lipinski definition) is 7. The molecule has 7 nitrogen and oxygen atoms in total. The molecule has 3 heterocycles. The standard InChI is InChI=1S/C20H21N3O4S2/c1-11(2)16-8-13-19(25)22-17(23-20(13)29-16)9-28-10-18(24)21-12-3-4-14-15(7-12)27-6-5-26-14/h3-4,7-8,11H,5-6,9-10H2,1-2H3,(H,21,24)(H,22,23,25). The lowest BCUT2D eigenvalue weighted by Gasteiger charge is -2.19. The first kappa shape index (κ1) is 19.8. The van der Waals surface area contributed by atoms with E-state index in [1.54, 1.807) is 29.5 Å². The summed E-state index contributed by atoms with van der Waals surface area (Å²) in [5, 5.41) is 3.48. The molecule has 152 valence electrons. The van der Waals surface area contributed by atoms with E-state index in [-0.39, 0.29) is 17.2 Å². The predicted molar refractivity (Wildman–Crippen MR) is 117 cm³/mol. The van der Waals surface area contributed by atoms with Gasteiger partial charge in [0.25, 0.3) is 5.56 Å². The number of ether oxygens (including phenoxy) is 2. The van der Waals surface area contributed by atoms with Crippen LogP contribution in [0.25, 0.3) is 10.2 Å². The number of fused-ring (bicyclic) bond motifs is 2. The summed E-state index contributed by atoms with van der Waals surface area (Å²) >= 11 is 2.94. The Kier molecular flexibility index (Phi) is 5.77. The average Bonchev–Trinajstić information content (AvgIpc) is 3.13. The summed E-state index contributed by atoms with van der Waals surface area (Å²) < 4.78 is 11.0. The number of aromatic nitrogens is 2. The number of rotatable bonds is 6. The Morgan fingerprint density at radius 3 is 2.86 bits per heavy atom. The van der Waals surface area contributed by atoms with Crippen molar-refractivity contribution in [3.63, 3.8) is 0 Å². The average molecular weight is 432 g/mol. The largest absolute Gasteiger partial charge is 0.486 e. The van der Waals surface area contributed by atoms with Crippen LogP contribution in [0.4, 0.5) is 5.69 Å². The van der Waals surface area contributed by atoms with Crippen LogP contribution in [0.2, 0.25) is 0 Å². The highest BCUT2D eigenvalue weighted by Gasteiger charge is 2.14. The summed E-state index contributed by atoms with van der Waals surface area (Å²) in [4.78, 5) is 33.8. The molecule has 0 bridgehead atoms. The van der Waals surface area contributed by atoms with E-state index in [2.05, 4.69) is 29.1 Å². The van der Waals surface area contributed by atoms with Crippen LogP contribution in [0.1, 0.15) is 30.5 Å². The number of nitrogens with zero attached hydrogens (tertiary/aromatic N) is 1. The minimum atomic E-state index is -0.131. The Morgan fingerprint density at radius 1 is 1.28 bits per heavy atom. The molecule has 0 spiro atoms. The molecular weight excluding hydrogens is 410 g/mol. The fraction of sp³-hybridized carbons (Fsp3) is 0.350. The fourth-order valence-corrected chi connectivity index (χ4v) is 4.65. The smallest absolute Gasteiger partial charge is 0.259 e. The van der Waals surface area contributed by atoms with Gasteiger partial charge in [0.2, 0.25) is 5.91 Å². The van der Waals surface area contributed by atoms with E-state index in [1.165, 1.54) is 11.8 Å². The Morgan fingerprint density at radius 2 is 2.07 bits per heavy atom. The number of thiophene rings is 1. The van der Waals surface area contributed by atoms with Gasteiger partial charge in [-0.2, -0.15) is 0 Å². The zero-order chi connectivity index (χ0) is 20.4. The highest BCUT2D eigenvalue weighted by molar-refractivity contribution is 7.99. The Balaban J connectivity index is 1.35. The van der Waals surface area contributed by atoms with Gasteiger partial charge < -0.3 is 19.8 Å². The summed E-state index contributed by atoms with van der Waals surface area (Å²) in [7, 11) is 0. The number of benzene rings is 1. The van der Waals surface area contributed by atoms with Crippen LogP contribution in [0.5, 0.6) is 11.5 Å². The molecule has 29 heavy (non-hydrogen) atoms. The molecule has 3 aromatic rings. The molecule has 0 atom stereocenters. The van der Waals surface area contributed by atoms with Crippen molar-refractivity contribution in [3.05, 3.63) is 45.3 Å². The Labute approximate surface area is 175 Å². The van der Waals surface area contributed by atoms with Crippen LogP contribution < -0.4 is 20.3 Å². The minimum Gasteiger partial charge on any atom is -0.486 e. The van der Waals surface area contributed by atoms with E-state index in [1.807, 2.05) is 6.07 Å². The summed E-state index contributed by atoms with van der Waals surface area (Å²) in [5.74, 6) is 2.82. The van der Waals surface area contributed by atoms with Crippen molar-refractivity contribution in [2.24, 2.45) is 0 Å². The number of hydrogen-bond donors (Lipinski definition) is 2. The molecule has 4 rings (SSSR count). The summed E-state index contributed by atoms with van der Waals surface area (Å²) in [6.07, 6.45) is 0. The van der Waals surface area contributed by atoms with Gasteiger partial charge >= 0.3 is 0 Å². The summed E-state index contributed by atoms with van der Waals surface area (Å²) in [5.41, 5.74) is 0.530. The summed E-state index contributed by atoms with van der Waals surface area (Å²) in [6, 6.07) is 7.24. The van der Waals surface area contributed by atoms with Crippen LogP contribution in [0.15, 0.2) is 29.1 Å². The van der Waals surface area contributed by atoms with Crippen LogP contribution in [0.3, 0.4) is 0 Å². The fourth-order valence-electron chi connectivity index (χ4n) is 2.91. The van der Waals surface area contributed by atoms with Crippen LogP contribution in [-0.4, -0.2) is 34.8 Å².